The molecule has 0 radical (unpaired) electrons. The zero-order valence-electron chi connectivity index (χ0n) is 10.2. The summed E-state index contributed by atoms with van der Waals surface area (Å²) in [6.07, 6.45) is 0. The van der Waals surface area contributed by atoms with Crippen LogP contribution in [0.3, 0.4) is 0 Å². The second kappa shape index (κ2) is 4.67. The molecule has 1 aliphatic rings. The average molecular weight is 253 g/mol. The first-order valence-corrected chi connectivity index (χ1v) is 6.16. The summed E-state index contributed by atoms with van der Waals surface area (Å²) in [5.74, 6) is 0.128. The van der Waals surface area contributed by atoms with Gasteiger partial charge in [-0.05, 0) is 25.5 Å². The Morgan fingerprint density at radius 1 is 1.41 bits per heavy atom. The van der Waals surface area contributed by atoms with Crippen LogP contribution >= 0.6 is 11.6 Å². The van der Waals surface area contributed by atoms with Crippen LogP contribution in [0.4, 0.5) is 0 Å². The average Bonchev–Trinajstić information content (AvgIpc) is 2.28. The van der Waals surface area contributed by atoms with E-state index in [1.807, 2.05) is 43.0 Å². The van der Waals surface area contributed by atoms with Crippen molar-refractivity contribution in [3.05, 3.63) is 34.9 Å². The molecule has 1 aliphatic heterocycles. The summed E-state index contributed by atoms with van der Waals surface area (Å²) in [5.41, 5.74) is 0.527. The standard InChI is InChI=1S/C13H17ClN2O/c1-13(2)12(17)16(8-7-15-13)9-10-5-3-4-6-11(10)14/h3-6,15H,7-9H2,1-2H3. The fourth-order valence-electron chi connectivity index (χ4n) is 2.06. The van der Waals surface area contributed by atoms with Gasteiger partial charge in [0.15, 0.2) is 0 Å². The molecule has 1 fully saturated rings. The molecule has 0 atom stereocenters. The minimum atomic E-state index is -0.473. The molecular formula is C13H17ClN2O. The van der Waals surface area contributed by atoms with E-state index >= 15 is 0 Å². The van der Waals surface area contributed by atoms with Crippen molar-refractivity contribution >= 4 is 17.5 Å². The maximum absolute atomic E-state index is 12.2. The monoisotopic (exact) mass is 252 g/mol. The third-order valence-electron chi connectivity index (χ3n) is 3.09. The zero-order chi connectivity index (χ0) is 12.5. The SMILES string of the molecule is CC1(C)NCCN(Cc2ccccc2Cl)C1=O. The lowest BCUT2D eigenvalue weighted by Gasteiger charge is -2.38. The van der Waals surface area contributed by atoms with Crippen molar-refractivity contribution in [2.45, 2.75) is 25.9 Å². The van der Waals surface area contributed by atoms with Crippen molar-refractivity contribution in [2.24, 2.45) is 0 Å². The van der Waals surface area contributed by atoms with Gasteiger partial charge in [-0.2, -0.15) is 0 Å². The molecule has 1 amide bonds. The molecule has 0 aromatic heterocycles. The van der Waals surface area contributed by atoms with Gasteiger partial charge in [0.1, 0.15) is 0 Å². The van der Waals surface area contributed by atoms with Gasteiger partial charge >= 0.3 is 0 Å². The fourth-order valence-corrected chi connectivity index (χ4v) is 2.25. The summed E-state index contributed by atoms with van der Waals surface area (Å²) >= 11 is 6.11. The molecule has 92 valence electrons. The Kier molecular flexibility index (Phi) is 3.40. The van der Waals surface area contributed by atoms with Gasteiger partial charge in [0, 0.05) is 24.7 Å². The number of carbonyl (C=O) groups is 1. The first-order chi connectivity index (χ1) is 8.00. The normalized spacial score (nSPS) is 19.5. The highest BCUT2D eigenvalue weighted by atomic mass is 35.5. The number of carbonyl (C=O) groups excluding carboxylic acids is 1. The van der Waals surface area contributed by atoms with E-state index in [4.69, 9.17) is 11.6 Å². The minimum Gasteiger partial charge on any atom is -0.335 e. The molecule has 2 rings (SSSR count). The molecule has 0 saturated carbocycles. The summed E-state index contributed by atoms with van der Waals surface area (Å²) in [4.78, 5) is 14.0. The van der Waals surface area contributed by atoms with E-state index < -0.39 is 5.54 Å². The molecule has 4 heteroatoms. The van der Waals surface area contributed by atoms with Crippen LogP contribution in [0.15, 0.2) is 24.3 Å². The first-order valence-electron chi connectivity index (χ1n) is 5.78. The lowest BCUT2D eigenvalue weighted by Crippen LogP contribution is -2.60. The molecule has 0 aliphatic carbocycles. The Labute approximate surface area is 107 Å². The topological polar surface area (TPSA) is 32.3 Å². The van der Waals surface area contributed by atoms with Gasteiger partial charge in [-0.15, -0.1) is 0 Å². The number of hydrogen-bond acceptors (Lipinski definition) is 2. The second-order valence-corrected chi connectivity index (χ2v) is 5.28. The maximum atomic E-state index is 12.2. The predicted molar refractivity (Wildman–Crippen MR) is 69.0 cm³/mol. The number of nitrogens with zero attached hydrogens (tertiary/aromatic N) is 1. The van der Waals surface area contributed by atoms with E-state index in [0.29, 0.717) is 6.54 Å². The molecule has 1 heterocycles. The lowest BCUT2D eigenvalue weighted by molar-refractivity contribution is -0.140. The van der Waals surface area contributed by atoms with Gasteiger partial charge in [0.2, 0.25) is 5.91 Å². The van der Waals surface area contributed by atoms with E-state index in [0.717, 1.165) is 23.7 Å². The summed E-state index contributed by atoms with van der Waals surface area (Å²) in [5, 5.41) is 3.93. The Hall–Kier alpha value is -1.06. The third-order valence-corrected chi connectivity index (χ3v) is 3.46. The summed E-state index contributed by atoms with van der Waals surface area (Å²) < 4.78 is 0. The Morgan fingerprint density at radius 2 is 2.12 bits per heavy atom. The molecule has 1 aromatic rings. The van der Waals surface area contributed by atoms with E-state index in [2.05, 4.69) is 5.32 Å². The smallest absolute Gasteiger partial charge is 0.242 e. The van der Waals surface area contributed by atoms with Crippen LogP contribution in [0.5, 0.6) is 0 Å². The van der Waals surface area contributed by atoms with Crippen molar-refractivity contribution in [3.63, 3.8) is 0 Å². The molecule has 1 N–H and O–H groups in total. The van der Waals surface area contributed by atoms with E-state index in [-0.39, 0.29) is 5.91 Å². The van der Waals surface area contributed by atoms with Crippen molar-refractivity contribution in [3.8, 4) is 0 Å². The highest BCUT2D eigenvalue weighted by Gasteiger charge is 2.35. The van der Waals surface area contributed by atoms with Gasteiger partial charge in [-0.25, -0.2) is 0 Å². The minimum absolute atomic E-state index is 0.128. The number of piperazine rings is 1. The van der Waals surface area contributed by atoms with Crippen LogP contribution < -0.4 is 5.32 Å². The molecule has 0 bridgehead atoms. The van der Waals surface area contributed by atoms with Crippen LogP contribution in [0.25, 0.3) is 0 Å². The number of hydrogen-bond donors (Lipinski definition) is 1. The molecule has 3 nitrogen and oxygen atoms in total. The number of benzene rings is 1. The van der Waals surface area contributed by atoms with Crippen molar-refractivity contribution < 1.29 is 4.79 Å². The highest BCUT2D eigenvalue weighted by Crippen LogP contribution is 2.20. The van der Waals surface area contributed by atoms with Gasteiger partial charge in [0.25, 0.3) is 0 Å². The second-order valence-electron chi connectivity index (χ2n) is 4.87. The van der Waals surface area contributed by atoms with E-state index in [1.165, 1.54) is 0 Å². The molecular weight excluding hydrogens is 236 g/mol. The van der Waals surface area contributed by atoms with Gasteiger partial charge in [0.05, 0.1) is 5.54 Å². The molecule has 1 aromatic carbocycles. The molecule has 0 spiro atoms. The number of halogens is 1. The molecule has 0 unspecified atom stereocenters. The molecule has 1 saturated heterocycles. The van der Waals surface area contributed by atoms with Crippen LogP contribution in [-0.4, -0.2) is 29.4 Å². The maximum Gasteiger partial charge on any atom is 0.242 e. The summed E-state index contributed by atoms with van der Waals surface area (Å²) in [6.45, 7) is 5.96. The van der Waals surface area contributed by atoms with Crippen molar-refractivity contribution in [1.29, 1.82) is 0 Å². The zero-order valence-corrected chi connectivity index (χ0v) is 10.9. The Morgan fingerprint density at radius 3 is 2.82 bits per heavy atom. The van der Waals surface area contributed by atoms with Crippen molar-refractivity contribution in [2.75, 3.05) is 13.1 Å². The van der Waals surface area contributed by atoms with Crippen LogP contribution in [-0.2, 0) is 11.3 Å². The Balaban J connectivity index is 2.14. The Bertz CT molecular complexity index is 431. The van der Waals surface area contributed by atoms with Crippen LogP contribution in [0, 0.1) is 0 Å². The van der Waals surface area contributed by atoms with E-state index in [9.17, 15) is 4.79 Å². The van der Waals surface area contributed by atoms with Gasteiger partial charge in [-0.1, -0.05) is 29.8 Å². The van der Waals surface area contributed by atoms with Crippen LogP contribution in [0.1, 0.15) is 19.4 Å². The van der Waals surface area contributed by atoms with Gasteiger partial charge < -0.3 is 10.2 Å². The van der Waals surface area contributed by atoms with Crippen molar-refractivity contribution in [1.82, 2.24) is 10.2 Å². The fraction of sp³-hybridized carbons (Fsp3) is 0.462. The summed E-state index contributed by atoms with van der Waals surface area (Å²) in [6, 6.07) is 7.66. The lowest BCUT2D eigenvalue weighted by atomic mass is 10.0. The number of amides is 1. The molecule has 17 heavy (non-hydrogen) atoms. The highest BCUT2D eigenvalue weighted by molar-refractivity contribution is 6.31. The van der Waals surface area contributed by atoms with E-state index in [1.54, 1.807) is 0 Å². The third kappa shape index (κ3) is 2.61. The number of rotatable bonds is 2. The summed E-state index contributed by atoms with van der Waals surface area (Å²) in [7, 11) is 0. The first kappa shape index (κ1) is 12.4. The van der Waals surface area contributed by atoms with Crippen LogP contribution in [0.2, 0.25) is 5.02 Å². The predicted octanol–water partition coefficient (Wildman–Crippen LogP) is 2.05. The number of nitrogens with one attached hydrogen (secondary N) is 1. The van der Waals surface area contributed by atoms with Gasteiger partial charge in [-0.3, -0.25) is 4.79 Å². The largest absolute Gasteiger partial charge is 0.335 e. The quantitative estimate of drug-likeness (QED) is 0.874.